The van der Waals surface area contributed by atoms with E-state index in [0.29, 0.717) is 31.7 Å². The number of hydrogen-bond acceptors (Lipinski definition) is 5. The molecular formula is C28H36O5. The molecule has 178 valence electrons. The minimum atomic E-state index is -0.668. The predicted molar refractivity (Wildman–Crippen MR) is 124 cm³/mol. The lowest BCUT2D eigenvalue weighted by molar-refractivity contribution is -0.250. The number of hydrogen-bond donors (Lipinski definition) is 0. The topological polar surface area (TPSA) is 54.0 Å². The lowest BCUT2D eigenvalue weighted by Crippen LogP contribution is -2.58. The van der Waals surface area contributed by atoms with Crippen LogP contribution in [0.1, 0.15) is 69.9 Å². The highest BCUT2D eigenvalue weighted by Crippen LogP contribution is 2.82. The van der Waals surface area contributed by atoms with Gasteiger partial charge in [-0.25, -0.2) is 0 Å². The molecule has 33 heavy (non-hydrogen) atoms. The first-order valence-corrected chi connectivity index (χ1v) is 12.6. The Morgan fingerprint density at radius 2 is 1.91 bits per heavy atom. The number of aryl methyl sites for hydroxylation is 1. The summed E-state index contributed by atoms with van der Waals surface area (Å²) >= 11 is 0. The SMILES string of the molecule is COc1ccc2c(c1)CC[C@@H]1[C@@H]2CC[C@@]2(C)C13C=C(COC(C)=O)[C@@]2(C1(C)OCCO1)CC3. The van der Waals surface area contributed by atoms with E-state index in [1.165, 1.54) is 36.5 Å². The second-order valence-corrected chi connectivity index (χ2v) is 11.2. The molecule has 5 nitrogen and oxygen atoms in total. The average Bonchev–Trinajstić information content (AvgIpc) is 3.44. The minimum Gasteiger partial charge on any atom is -0.497 e. The number of carbonyl (C=O) groups is 1. The van der Waals surface area contributed by atoms with Crippen molar-refractivity contribution in [3.8, 4) is 5.75 Å². The van der Waals surface area contributed by atoms with Gasteiger partial charge in [0.05, 0.1) is 25.7 Å². The molecule has 1 saturated heterocycles. The van der Waals surface area contributed by atoms with Crippen molar-refractivity contribution in [1.82, 2.24) is 0 Å². The smallest absolute Gasteiger partial charge is 0.302 e. The summed E-state index contributed by atoms with van der Waals surface area (Å²) in [4.78, 5) is 11.8. The van der Waals surface area contributed by atoms with Crippen molar-refractivity contribution < 1.29 is 23.7 Å². The number of allylic oxidation sites excluding steroid dienone is 1. The van der Waals surface area contributed by atoms with Gasteiger partial charge in [0.1, 0.15) is 12.4 Å². The van der Waals surface area contributed by atoms with Gasteiger partial charge in [0.15, 0.2) is 5.79 Å². The molecule has 1 aliphatic heterocycles. The van der Waals surface area contributed by atoms with Crippen molar-refractivity contribution in [2.45, 2.75) is 71.0 Å². The molecule has 0 spiro atoms. The molecule has 4 aliphatic carbocycles. The van der Waals surface area contributed by atoms with Gasteiger partial charge in [-0.1, -0.05) is 19.1 Å². The van der Waals surface area contributed by atoms with Crippen LogP contribution in [0.2, 0.25) is 0 Å². The monoisotopic (exact) mass is 452 g/mol. The van der Waals surface area contributed by atoms with Gasteiger partial charge >= 0.3 is 5.97 Å². The number of methoxy groups -OCH3 is 1. The van der Waals surface area contributed by atoms with Crippen LogP contribution in [0.5, 0.6) is 5.75 Å². The minimum absolute atomic E-state index is 0.0275. The molecule has 0 N–H and O–H groups in total. The number of esters is 1. The largest absolute Gasteiger partial charge is 0.497 e. The van der Waals surface area contributed by atoms with E-state index in [1.807, 2.05) is 0 Å². The number of ether oxygens (including phenoxy) is 4. The summed E-state index contributed by atoms with van der Waals surface area (Å²) in [7, 11) is 1.75. The number of rotatable bonds is 4. The molecule has 1 unspecified atom stereocenters. The van der Waals surface area contributed by atoms with Gasteiger partial charge < -0.3 is 18.9 Å². The predicted octanol–water partition coefficient (Wildman–Crippen LogP) is 5.17. The van der Waals surface area contributed by atoms with E-state index in [0.717, 1.165) is 31.4 Å². The van der Waals surface area contributed by atoms with E-state index in [4.69, 9.17) is 18.9 Å². The second-order valence-electron chi connectivity index (χ2n) is 11.2. The van der Waals surface area contributed by atoms with Gasteiger partial charge in [-0.05, 0) is 96.9 Å². The van der Waals surface area contributed by atoms with Crippen LogP contribution in [0.4, 0.5) is 0 Å². The van der Waals surface area contributed by atoms with Gasteiger partial charge in [-0.3, -0.25) is 4.79 Å². The maximum absolute atomic E-state index is 11.8. The molecule has 0 radical (unpaired) electrons. The summed E-state index contributed by atoms with van der Waals surface area (Å²) in [5, 5.41) is 0. The van der Waals surface area contributed by atoms with Crippen LogP contribution >= 0.6 is 0 Å². The van der Waals surface area contributed by atoms with Crippen LogP contribution in [0.3, 0.4) is 0 Å². The van der Waals surface area contributed by atoms with E-state index in [2.05, 4.69) is 38.1 Å². The summed E-state index contributed by atoms with van der Waals surface area (Å²) in [5.41, 5.74) is 4.06. The molecule has 3 fully saturated rings. The molecule has 1 aromatic rings. The Bertz CT molecular complexity index is 1020. The average molecular weight is 453 g/mol. The third-order valence-electron chi connectivity index (χ3n) is 10.5. The number of benzene rings is 1. The summed E-state index contributed by atoms with van der Waals surface area (Å²) in [6.07, 6.45) is 9.31. The molecular weight excluding hydrogens is 416 g/mol. The highest BCUT2D eigenvalue weighted by molar-refractivity contribution is 5.66. The van der Waals surface area contributed by atoms with Crippen molar-refractivity contribution in [3.63, 3.8) is 0 Å². The third-order valence-corrected chi connectivity index (χ3v) is 10.5. The van der Waals surface area contributed by atoms with Crippen molar-refractivity contribution in [3.05, 3.63) is 41.0 Å². The molecule has 1 aromatic carbocycles. The summed E-state index contributed by atoms with van der Waals surface area (Å²) in [6, 6.07) is 6.69. The zero-order valence-corrected chi connectivity index (χ0v) is 20.4. The Morgan fingerprint density at radius 1 is 1.12 bits per heavy atom. The van der Waals surface area contributed by atoms with Crippen molar-refractivity contribution >= 4 is 5.97 Å². The molecule has 2 bridgehead atoms. The molecule has 2 saturated carbocycles. The Kier molecular flexibility index (Phi) is 4.65. The summed E-state index contributed by atoms with van der Waals surface area (Å²) < 4.78 is 23.9. The van der Waals surface area contributed by atoms with E-state index in [-0.39, 0.29) is 22.2 Å². The Hall–Kier alpha value is -1.85. The molecule has 1 heterocycles. The van der Waals surface area contributed by atoms with Crippen molar-refractivity contribution in [2.75, 3.05) is 26.9 Å². The quantitative estimate of drug-likeness (QED) is 0.466. The highest BCUT2D eigenvalue weighted by atomic mass is 16.7. The zero-order valence-electron chi connectivity index (χ0n) is 20.4. The molecule has 0 aromatic heterocycles. The van der Waals surface area contributed by atoms with E-state index in [9.17, 15) is 4.79 Å². The van der Waals surface area contributed by atoms with E-state index < -0.39 is 5.79 Å². The van der Waals surface area contributed by atoms with Gasteiger partial charge in [0.2, 0.25) is 0 Å². The van der Waals surface area contributed by atoms with Crippen LogP contribution < -0.4 is 4.74 Å². The van der Waals surface area contributed by atoms with Crippen LogP contribution in [0, 0.1) is 22.2 Å². The number of fused-ring (bicyclic) bond motifs is 3. The Morgan fingerprint density at radius 3 is 2.64 bits per heavy atom. The fourth-order valence-corrected chi connectivity index (χ4v) is 9.23. The molecule has 0 amide bonds. The van der Waals surface area contributed by atoms with Gasteiger partial charge in [0.25, 0.3) is 0 Å². The first-order valence-electron chi connectivity index (χ1n) is 12.6. The fraction of sp³-hybridized carbons (Fsp3) is 0.679. The van der Waals surface area contributed by atoms with Crippen LogP contribution in [-0.4, -0.2) is 38.7 Å². The first kappa shape index (κ1) is 21.7. The van der Waals surface area contributed by atoms with Crippen LogP contribution in [-0.2, 0) is 25.4 Å². The Labute approximate surface area is 196 Å². The van der Waals surface area contributed by atoms with Crippen molar-refractivity contribution in [1.29, 1.82) is 0 Å². The standard InChI is InChI=1S/C28H36O5/c1-18(29)31-17-20-16-27-11-12-28(20,26(3)32-13-14-33-26)25(27,2)10-9-23-22-7-6-21(30-4)15-19(22)5-8-24(23)27/h6-7,15-16,23-24H,5,8-14,17H2,1-4H3/t23-,24-,25+,27?,28+/m1/s1. The van der Waals surface area contributed by atoms with Gasteiger partial charge in [0, 0.05) is 6.92 Å². The maximum atomic E-state index is 11.8. The normalized spacial score (nSPS) is 39.9. The van der Waals surface area contributed by atoms with E-state index in [1.54, 1.807) is 7.11 Å². The molecule has 6 rings (SSSR count). The van der Waals surface area contributed by atoms with Crippen molar-refractivity contribution in [2.24, 2.45) is 22.2 Å². The van der Waals surface area contributed by atoms with Crippen LogP contribution in [0.15, 0.2) is 29.8 Å². The lowest BCUT2D eigenvalue weighted by Gasteiger charge is -2.59. The molecule has 5 heteroatoms. The second kappa shape index (κ2) is 7.08. The van der Waals surface area contributed by atoms with E-state index >= 15 is 0 Å². The first-order chi connectivity index (χ1) is 15.8. The van der Waals surface area contributed by atoms with Crippen LogP contribution in [0.25, 0.3) is 0 Å². The van der Waals surface area contributed by atoms with Gasteiger partial charge in [-0.15, -0.1) is 0 Å². The lowest BCUT2D eigenvalue weighted by atomic mass is 9.45. The molecule has 5 aliphatic rings. The summed E-state index contributed by atoms with van der Waals surface area (Å²) in [6.45, 7) is 7.74. The third kappa shape index (κ3) is 2.53. The molecule has 5 atom stereocenters. The highest BCUT2D eigenvalue weighted by Gasteiger charge is 2.79. The Balaban J connectivity index is 1.46. The number of carbonyl (C=O) groups excluding carboxylic acids is 1. The fourth-order valence-electron chi connectivity index (χ4n) is 9.23. The summed E-state index contributed by atoms with van der Waals surface area (Å²) in [5.74, 6) is 1.21. The van der Waals surface area contributed by atoms with Gasteiger partial charge in [-0.2, -0.15) is 0 Å². The maximum Gasteiger partial charge on any atom is 0.302 e. The zero-order chi connectivity index (χ0) is 23.1.